The van der Waals surface area contributed by atoms with Crippen molar-refractivity contribution in [2.75, 3.05) is 4.90 Å². The van der Waals surface area contributed by atoms with Gasteiger partial charge < -0.3 is 9.47 Å². The lowest BCUT2D eigenvalue weighted by Crippen LogP contribution is -2.12. The Kier molecular flexibility index (Phi) is 8.25. The van der Waals surface area contributed by atoms with Gasteiger partial charge in [0.2, 0.25) is 0 Å². The zero-order valence-corrected chi connectivity index (χ0v) is 35.0. The zero-order chi connectivity index (χ0) is 42.1. The Morgan fingerprint density at radius 1 is 0.281 bits per heavy atom. The van der Waals surface area contributed by atoms with Crippen LogP contribution in [0.1, 0.15) is 0 Å². The molecule has 0 saturated heterocycles. The Morgan fingerprint density at radius 3 is 1.55 bits per heavy atom. The van der Waals surface area contributed by atoms with Crippen LogP contribution < -0.4 is 4.90 Å². The Labute approximate surface area is 371 Å². The van der Waals surface area contributed by atoms with Crippen molar-refractivity contribution in [2.45, 2.75) is 0 Å². The van der Waals surface area contributed by atoms with E-state index in [1.807, 2.05) is 0 Å². The van der Waals surface area contributed by atoms with Gasteiger partial charge >= 0.3 is 0 Å². The monoisotopic (exact) mass is 812 g/mol. The number of hydrogen-bond donors (Lipinski definition) is 0. The summed E-state index contributed by atoms with van der Waals surface area (Å²) in [5.74, 6) is 0. The van der Waals surface area contributed by atoms with Crippen molar-refractivity contribution in [1.29, 1.82) is 0 Å². The number of nitrogens with zero attached hydrogens (tertiary/aromatic N) is 2. The normalized spacial score (nSPS) is 11.8. The topological polar surface area (TPSA) is 8.17 Å². The molecular weight excluding hydrogens is 773 g/mol. The quantitative estimate of drug-likeness (QED) is 0.152. The smallest absolute Gasteiger partial charge is 0.0782 e. The van der Waals surface area contributed by atoms with Crippen molar-refractivity contribution in [1.82, 2.24) is 4.57 Å². The SMILES string of the molecule is c1ccc(-c2c(-c3ccccc3)c3cc(N(c4cc5ccccc5c5ccccc45)c4cccc5c6ccccc6n(-c6cccc7ccccc67)c45)ccc3c3ccccc23)cc1. The van der Waals surface area contributed by atoms with E-state index in [1.54, 1.807) is 0 Å². The molecule has 12 aromatic carbocycles. The average molecular weight is 813 g/mol. The molecule has 1 aromatic heterocycles. The number of fused-ring (bicyclic) bond motifs is 10. The summed E-state index contributed by atoms with van der Waals surface area (Å²) in [6.45, 7) is 0. The molecule has 2 heteroatoms. The maximum atomic E-state index is 2.54. The van der Waals surface area contributed by atoms with Gasteiger partial charge in [0, 0.05) is 27.2 Å². The summed E-state index contributed by atoms with van der Waals surface area (Å²) in [4.78, 5) is 2.54. The van der Waals surface area contributed by atoms with Crippen LogP contribution in [0.3, 0.4) is 0 Å². The first-order chi connectivity index (χ1) is 31.8. The van der Waals surface area contributed by atoms with Crippen molar-refractivity contribution in [3.63, 3.8) is 0 Å². The third-order valence-electron chi connectivity index (χ3n) is 13.3. The predicted molar refractivity (Wildman–Crippen MR) is 274 cm³/mol. The van der Waals surface area contributed by atoms with Crippen LogP contribution in [0.15, 0.2) is 243 Å². The van der Waals surface area contributed by atoms with Crippen LogP contribution >= 0.6 is 0 Å². The number of anilines is 3. The van der Waals surface area contributed by atoms with Crippen molar-refractivity contribution in [2.24, 2.45) is 0 Å². The fraction of sp³-hybridized carbons (Fsp3) is 0. The Balaban J connectivity index is 1.21. The van der Waals surface area contributed by atoms with Crippen LogP contribution in [0, 0.1) is 0 Å². The van der Waals surface area contributed by atoms with Crippen LogP contribution in [0.5, 0.6) is 0 Å². The highest BCUT2D eigenvalue weighted by molar-refractivity contribution is 6.23. The second-order valence-electron chi connectivity index (χ2n) is 16.8. The third kappa shape index (κ3) is 5.53. The number of aromatic nitrogens is 1. The molecule has 13 rings (SSSR count). The molecule has 0 atom stereocenters. The predicted octanol–water partition coefficient (Wildman–Crippen LogP) is 17.4. The van der Waals surface area contributed by atoms with Gasteiger partial charge in [0.1, 0.15) is 0 Å². The number of rotatable bonds is 6. The van der Waals surface area contributed by atoms with Gasteiger partial charge in [-0.3, -0.25) is 0 Å². The Bertz CT molecular complexity index is 3950. The lowest BCUT2D eigenvalue weighted by molar-refractivity contribution is 1.18. The minimum Gasteiger partial charge on any atom is -0.308 e. The molecule has 0 fully saturated rings. The Hall–Kier alpha value is -8.46. The minimum absolute atomic E-state index is 1.08. The van der Waals surface area contributed by atoms with Gasteiger partial charge in [0.25, 0.3) is 0 Å². The van der Waals surface area contributed by atoms with Crippen LogP contribution in [-0.2, 0) is 0 Å². The van der Waals surface area contributed by atoms with E-state index in [4.69, 9.17) is 0 Å². The van der Waals surface area contributed by atoms with Gasteiger partial charge in [-0.2, -0.15) is 0 Å². The highest BCUT2D eigenvalue weighted by Crippen LogP contribution is 2.50. The summed E-state index contributed by atoms with van der Waals surface area (Å²) in [7, 11) is 0. The van der Waals surface area contributed by atoms with E-state index < -0.39 is 0 Å². The molecule has 0 aliphatic carbocycles. The molecule has 0 radical (unpaired) electrons. The molecule has 0 amide bonds. The van der Waals surface area contributed by atoms with E-state index in [1.165, 1.54) is 92.4 Å². The summed E-state index contributed by atoms with van der Waals surface area (Å²) >= 11 is 0. The largest absolute Gasteiger partial charge is 0.308 e. The van der Waals surface area contributed by atoms with Crippen molar-refractivity contribution in [3.05, 3.63) is 243 Å². The summed E-state index contributed by atoms with van der Waals surface area (Å²) in [6.07, 6.45) is 0. The molecule has 0 unspecified atom stereocenters. The fourth-order valence-corrected chi connectivity index (χ4v) is 10.6. The minimum atomic E-state index is 1.08. The van der Waals surface area contributed by atoms with Crippen molar-refractivity contribution >= 4 is 92.7 Å². The first-order valence-electron chi connectivity index (χ1n) is 22.1. The number of para-hydroxylation sites is 2. The summed E-state index contributed by atoms with van der Waals surface area (Å²) in [6, 6.07) is 89.3. The van der Waals surface area contributed by atoms with E-state index >= 15 is 0 Å². The molecule has 0 spiro atoms. The molecule has 0 N–H and O–H groups in total. The second kappa shape index (κ2) is 14.6. The molecule has 13 aromatic rings. The maximum absolute atomic E-state index is 2.54. The van der Waals surface area contributed by atoms with E-state index in [-0.39, 0.29) is 0 Å². The second-order valence-corrected chi connectivity index (χ2v) is 16.8. The maximum Gasteiger partial charge on any atom is 0.0782 e. The fourth-order valence-electron chi connectivity index (χ4n) is 10.6. The van der Waals surface area contributed by atoms with Gasteiger partial charge in [-0.05, 0) is 102 Å². The molecule has 298 valence electrons. The molecule has 0 bridgehead atoms. The molecule has 2 nitrogen and oxygen atoms in total. The molecular formula is C62H40N2. The van der Waals surface area contributed by atoms with Crippen molar-refractivity contribution < 1.29 is 0 Å². The molecule has 1 heterocycles. The number of hydrogen-bond acceptors (Lipinski definition) is 1. The van der Waals surface area contributed by atoms with Gasteiger partial charge in [-0.15, -0.1) is 0 Å². The van der Waals surface area contributed by atoms with Crippen molar-refractivity contribution in [3.8, 4) is 27.9 Å². The summed E-state index contributed by atoms with van der Waals surface area (Å²) < 4.78 is 2.51. The standard InChI is InChI=1S/C62H40N2/c1-3-20-42(21-4-1)60-53-32-14-12-29-49(53)50-38-37-45(40-55(50)61(60)43-22-5-2-6-23-43)63(59-39-44-24-8-9-26-46(44)48-28-11-13-30-51(48)59)58-36-18-33-54-52-31-15-16-34-57(52)64(62(54)58)56-35-17-25-41-19-7-10-27-47(41)56/h1-40H. The molecule has 64 heavy (non-hydrogen) atoms. The highest BCUT2D eigenvalue weighted by atomic mass is 15.2. The Morgan fingerprint density at radius 2 is 0.797 bits per heavy atom. The van der Waals surface area contributed by atoms with Gasteiger partial charge in [-0.1, -0.05) is 206 Å². The lowest BCUT2D eigenvalue weighted by Gasteiger charge is -2.30. The first kappa shape index (κ1) is 36.2. The zero-order valence-electron chi connectivity index (χ0n) is 35.0. The van der Waals surface area contributed by atoms with E-state index in [0.717, 1.165) is 28.3 Å². The van der Waals surface area contributed by atoms with Crippen LogP contribution in [-0.4, -0.2) is 4.57 Å². The van der Waals surface area contributed by atoms with E-state index in [9.17, 15) is 0 Å². The van der Waals surface area contributed by atoms with Gasteiger partial charge in [0.15, 0.2) is 0 Å². The number of benzene rings is 12. The molecule has 0 aliphatic heterocycles. The third-order valence-corrected chi connectivity index (χ3v) is 13.3. The van der Waals surface area contributed by atoms with Crippen LogP contribution in [0.25, 0.3) is 104 Å². The summed E-state index contributed by atoms with van der Waals surface area (Å²) in [5.41, 5.74) is 11.7. The molecule has 0 saturated carbocycles. The summed E-state index contributed by atoms with van der Waals surface area (Å²) in [5, 5.41) is 14.6. The van der Waals surface area contributed by atoms with E-state index in [0.29, 0.717) is 0 Å². The molecule has 0 aliphatic rings. The average Bonchev–Trinajstić information content (AvgIpc) is 3.71. The lowest BCUT2D eigenvalue weighted by atomic mass is 9.85. The first-order valence-corrected chi connectivity index (χ1v) is 22.1. The van der Waals surface area contributed by atoms with Crippen LogP contribution in [0.2, 0.25) is 0 Å². The van der Waals surface area contributed by atoms with E-state index in [2.05, 4.69) is 252 Å². The van der Waals surface area contributed by atoms with Gasteiger partial charge in [-0.25, -0.2) is 0 Å². The van der Waals surface area contributed by atoms with Gasteiger partial charge in [0.05, 0.1) is 28.1 Å². The van der Waals surface area contributed by atoms with Crippen LogP contribution in [0.4, 0.5) is 17.1 Å². The highest BCUT2D eigenvalue weighted by Gasteiger charge is 2.26.